The van der Waals surface area contributed by atoms with Gasteiger partial charge in [-0.25, -0.2) is 0 Å². The normalized spacial score (nSPS) is 15.1. The summed E-state index contributed by atoms with van der Waals surface area (Å²) in [4.78, 5) is 0. The van der Waals surface area contributed by atoms with Crippen LogP contribution in [-0.4, -0.2) is 32.8 Å². The maximum atomic E-state index is 6.99. The Balaban J connectivity index is 5.90. The Morgan fingerprint density at radius 2 is 1.40 bits per heavy atom. The van der Waals surface area contributed by atoms with Gasteiger partial charge in [0.05, 0.1) is 0 Å². The summed E-state index contributed by atoms with van der Waals surface area (Å²) >= 11 is -2.29. The second-order valence-corrected chi connectivity index (χ2v) is 28.7. The molecule has 0 aliphatic heterocycles. The van der Waals surface area contributed by atoms with Gasteiger partial charge in [-0.05, 0) is 0 Å². The molecule has 1 unspecified atom stereocenters. The van der Waals surface area contributed by atoms with E-state index in [0.29, 0.717) is 5.92 Å². The topological polar surface area (TPSA) is 9.23 Å². The van der Waals surface area contributed by atoms with E-state index in [2.05, 4.69) is 83.6 Å². The average molecular weight is 542 g/mol. The molecule has 0 aromatic rings. The van der Waals surface area contributed by atoms with Crippen molar-refractivity contribution in [3.05, 3.63) is 10.2 Å². The molecule has 0 aromatic heterocycles. The van der Waals surface area contributed by atoms with E-state index in [-0.39, 0.29) is 11.1 Å². The van der Waals surface area contributed by atoms with Crippen molar-refractivity contribution in [3.8, 4) is 11.8 Å². The number of rotatable bonds is 15. The first-order valence-electron chi connectivity index (χ1n) is 12.7. The van der Waals surface area contributed by atoms with Gasteiger partial charge in [0.2, 0.25) is 0 Å². The molecule has 2 atom stereocenters. The molecule has 30 heavy (non-hydrogen) atoms. The zero-order valence-corrected chi connectivity index (χ0v) is 26.1. The molecule has 0 heterocycles. The monoisotopic (exact) mass is 542 g/mol. The van der Waals surface area contributed by atoms with Gasteiger partial charge in [-0.1, -0.05) is 0 Å². The van der Waals surface area contributed by atoms with Crippen molar-refractivity contribution < 1.29 is 4.43 Å². The van der Waals surface area contributed by atoms with Gasteiger partial charge >= 0.3 is 197 Å². The third-order valence-corrected chi connectivity index (χ3v) is 25.7. The first-order chi connectivity index (χ1) is 14.0. The molecule has 0 aliphatic carbocycles. The van der Waals surface area contributed by atoms with E-state index >= 15 is 0 Å². The standard InChI is InChI=1S/C15H27OSi.3C4H9.Sn/c1-9-11-12-13(3)14(10-2)16-17(7,8)15(4,5)6;3*1-3-4-2;/h2,10,13-14H,12H2,1,3-8H3;3*1,3-4H2,2H3;/t13?,14-;;;;/m1..../s1. The quantitative estimate of drug-likeness (QED) is 0.148. The van der Waals surface area contributed by atoms with Crippen LogP contribution in [0, 0.1) is 17.8 Å². The summed E-state index contributed by atoms with van der Waals surface area (Å²) in [5, 5.41) is 0.238. The molecule has 0 saturated carbocycles. The van der Waals surface area contributed by atoms with E-state index in [0.717, 1.165) is 6.42 Å². The van der Waals surface area contributed by atoms with Gasteiger partial charge in [-0.2, -0.15) is 0 Å². The predicted octanol–water partition coefficient (Wildman–Crippen LogP) is 9.37. The molecule has 0 saturated heterocycles. The third-order valence-electron chi connectivity index (χ3n) is 7.12. The molecular weight excluding hydrogens is 487 g/mol. The molecule has 176 valence electrons. The van der Waals surface area contributed by atoms with Gasteiger partial charge in [-0.3, -0.25) is 0 Å². The van der Waals surface area contributed by atoms with Crippen LogP contribution in [0.4, 0.5) is 0 Å². The van der Waals surface area contributed by atoms with Gasteiger partial charge in [0.15, 0.2) is 0 Å². The average Bonchev–Trinajstić information content (AvgIpc) is 2.68. The number of hydrogen-bond acceptors (Lipinski definition) is 1. The van der Waals surface area contributed by atoms with Crippen molar-refractivity contribution in [1.82, 2.24) is 0 Å². The van der Waals surface area contributed by atoms with Gasteiger partial charge in [0.25, 0.3) is 0 Å². The number of hydrogen-bond donors (Lipinski definition) is 0. The zero-order chi connectivity index (χ0) is 23.3. The van der Waals surface area contributed by atoms with Crippen LogP contribution >= 0.6 is 0 Å². The van der Waals surface area contributed by atoms with Crippen molar-refractivity contribution >= 4 is 26.7 Å². The third kappa shape index (κ3) is 11.2. The molecule has 3 heteroatoms. The summed E-state index contributed by atoms with van der Waals surface area (Å²) in [5.41, 5.74) is 0. The summed E-state index contributed by atoms with van der Waals surface area (Å²) in [6.07, 6.45) is 11.9. The fraction of sp³-hybridized carbons (Fsp3) is 0.852. The fourth-order valence-corrected chi connectivity index (χ4v) is 19.4. The SMILES string of the molecule is CC#CCC(C)[C@@H](/C=[CH]/[Sn]([CH2]CCC)([CH2]CCC)[CH2]CCC)O[Si](C)(C)C(C)(C)C. The second kappa shape index (κ2) is 15.2. The Morgan fingerprint density at radius 1 is 0.933 bits per heavy atom. The fourth-order valence-electron chi connectivity index (χ4n) is 3.75. The summed E-state index contributed by atoms with van der Waals surface area (Å²) in [7, 11) is -1.82. The molecule has 0 aliphatic rings. The number of unbranched alkanes of at least 4 members (excludes halogenated alkanes) is 3. The summed E-state index contributed by atoms with van der Waals surface area (Å²) in [5.74, 6) is 6.87. The van der Waals surface area contributed by atoms with Crippen LogP contribution in [0.15, 0.2) is 10.2 Å². The molecule has 0 N–H and O–H groups in total. The minimum atomic E-state index is -2.29. The molecule has 1 nitrogen and oxygen atoms in total. The first-order valence-corrected chi connectivity index (χ1v) is 23.4. The van der Waals surface area contributed by atoms with Crippen molar-refractivity contribution in [2.75, 3.05) is 0 Å². The second-order valence-electron chi connectivity index (χ2n) is 11.0. The van der Waals surface area contributed by atoms with Crippen LogP contribution < -0.4 is 0 Å². The molecule has 0 aromatic carbocycles. The van der Waals surface area contributed by atoms with Crippen molar-refractivity contribution in [3.63, 3.8) is 0 Å². The van der Waals surface area contributed by atoms with E-state index in [4.69, 9.17) is 4.43 Å². The van der Waals surface area contributed by atoms with E-state index in [9.17, 15) is 0 Å². The summed E-state index contributed by atoms with van der Waals surface area (Å²) in [6, 6.07) is 0. The summed E-state index contributed by atoms with van der Waals surface area (Å²) in [6.45, 7) is 23.2. The first kappa shape index (κ1) is 30.3. The Bertz CT molecular complexity index is 514. The maximum absolute atomic E-state index is 6.99. The van der Waals surface area contributed by atoms with E-state index in [1.54, 1.807) is 0 Å². The van der Waals surface area contributed by atoms with Crippen LogP contribution in [0.1, 0.15) is 100 Å². The van der Waals surface area contributed by atoms with Gasteiger partial charge in [0.1, 0.15) is 0 Å². The van der Waals surface area contributed by atoms with E-state index < -0.39 is 26.7 Å². The van der Waals surface area contributed by atoms with Crippen LogP contribution in [0.5, 0.6) is 0 Å². The van der Waals surface area contributed by atoms with Gasteiger partial charge < -0.3 is 0 Å². The van der Waals surface area contributed by atoms with Crippen LogP contribution in [0.25, 0.3) is 0 Å². The summed E-state index contributed by atoms with van der Waals surface area (Å²) < 4.78 is 14.4. The van der Waals surface area contributed by atoms with Gasteiger partial charge in [0, 0.05) is 0 Å². The van der Waals surface area contributed by atoms with E-state index in [1.165, 1.54) is 51.8 Å². The minimum absolute atomic E-state index is 0.215. The zero-order valence-electron chi connectivity index (χ0n) is 22.3. The Labute approximate surface area is 196 Å². The van der Waals surface area contributed by atoms with Crippen LogP contribution in [0.3, 0.4) is 0 Å². The molecular formula is C27H54OSiSn. The Kier molecular flexibility index (Phi) is 15.3. The van der Waals surface area contributed by atoms with Crippen LogP contribution in [0.2, 0.25) is 31.4 Å². The van der Waals surface area contributed by atoms with Crippen molar-refractivity contribution in [2.24, 2.45) is 5.92 Å². The molecule has 0 radical (unpaired) electrons. The van der Waals surface area contributed by atoms with Crippen molar-refractivity contribution in [1.29, 1.82) is 0 Å². The van der Waals surface area contributed by atoms with Crippen molar-refractivity contribution in [2.45, 2.75) is 138 Å². The predicted molar refractivity (Wildman–Crippen MR) is 143 cm³/mol. The molecule has 0 amide bonds. The van der Waals surface area contributed by atoms with Gasteiger partial charge in [-0.15, -0.1) is 0 Å². The molecule has 0 spiro atoms. The Hall–Kier alpha value is 0.276. The molecule has 0 fully saturated rings. The van der Waals surface area contributed by atoms with E-state index in [1.807, 2.05) is 6.92 Å². The molecule has 0 rings (SSSR count). The molecule has 0 bridgehead atoms. The Morgan fingerprint density at radius 3 is 1.77 bits per heavy atom. The van der Waals surface area contributed by atoms with Crippen LogP contribution in [-0.2, 0) is 4.43 Å².